The number of hydrogen-bond acceptors (Lipinski definition) is 4. The molecule has 1 fully saturated rings. The van der Waals surface area contributed by atoms with Gasteiger partial charge >= 0.3 is 0 Å². The molecule has 0 bridgehead atoms. The lowest BCUT2D eigenvalue weighted by Gasteiger charge is -2.20. The quantitative estimate of drug-likeness (QED) is 0.815. The number of rotatable bonds is 6. The van der Waals surface area contributed by atoms with Gasteiger partial charge in [0, 0.05) is 13.5 Å². The number of hydrogen-bond donors (Lipinski definition) is 1. The average molecular weight is 310 g/mol. The molecule has 0 heterocycles. The van der Waals surface area contributed by atoms with E-state index in [0.717, 1.165) is 31.4 Å². The fraction of sp³-hybridized carbons (Fsp3) is 0.533. The number of sulfone groups is 1. The van der Waals surface area contributed by atoms with Crippen LogP contribution < -0.4 is 10.4 Å². The number of nitrogens with one attached hydrogen (secondary N) is 1. The van der Waals surface area contributed by atoms with Crippen LogP contribution in [0.2, 0.25) is 0 Å². The molecule has 1 saturated carbocycles. The van der Waals surface area contributed by atoms with Crippen LogP contribution in [0, 0.1) is 0 Å². The fourth-order valence-electron chi connectivity index (χ4n) is 2.61. The number of para-hydroxylation sites is 1. The maximum atomic E-state index is 12.1. The van der Waals surface area contributed by atoms with E-state index in [9.17, 15) is 13.2 Å². The second kappa shape index (κ2) is 6.93. The molecule has 2 rings (SSSR count). The highest BCUT2D eigenvalue weighted by atomic mass is 32.2. The summed E-state index contributed by atoms with van der Waals surface area (Å²) in [6.07, 6.45) is 3.46. The maximum Gasteiger partial charge on any atom is 0.239 e. The first-order valence-corrected chi connectivity index (χ1v) is 9.00. The molecular weight excluding hydrogens is 288 g/mol. The van der Waals surface area contributed by atoms with Gasteiger partial charge in [0.2, 0.25) is 5.91 Å². The first kappa shape index (κ1) is 15.8. The zero-order chi connectivity index (χ0) is 15.3. The van der Waals surface area contributed by atoms with Gasteiger partial charge in [-0.15, -0.1) is 0 Å². The molecule has 0 saturated heterocycles. The predicted molar refractivity (Wildman–Crippen MR) is 83.6 cm³/mol. The van der Waals surface area contributed by atoms with E-state index in [1.54, 1.807) is 12.1 Å². The summed E-state index contributed by atoms with van der Waals surface area (Å²) in [7, 11) is -1.40. The average Bonchev–Trinajstić information content (AvgIpc) is 3.01. The molecule has 1 amide bonds. The second-order valence-electron chi connectivity index (χ2n) is 5.45. The monoisotopic (exact) mass is 310 g/mol. The van der Waals surface area contributed by atoms with Gasteiger partial charge in [0.05, 0.1) is 16.7 Å². The maximum absolute atomic E-state index is 12.1. The van der Waals surface area contributed by atoms with Crippen molar-refractivity contribution in [1.29, 1.82) is 0 Å². The SMILES string of the molecule is CN(NC(=O)CCS(=O)(=O)C1CCCC1)c1ccccc1. The minimum Gasteiger partial charge on any atom is -0.289 e. The van der Waals surface area contributed by atoms with Crippen LogP contribution >= 0.6 is 0 Å². The Hall–Kier alpha value is -1.56. The van der Waals surface area contributed by atoms with Gasteiger partial charge in [-0.3, -0.25) is 15.2 Å². The summed E-state index contributed by atoms with van der Waals surface area (Å²) >= 11 is 0. The summed E-state index contributed by atoms with van der Waals surface area (Å²) in [6.45, 7) is 0. The van der Waals surface area contributed by atoms with Crippen molar-refractivity contribution in [3.8, 4) is 0 Å². The highest BCUT2D eigenvalue weighted by Gasteiger charge is 2.28. The largest absolute Gasteiger partial charge is 0.289 e. The number of amides is 1. The van der Waals surface area contributed by atoms with Crippen LogP contribution in [0.3, 0.4) is 0 Å². The van der Waals surface area contributed by atoms with Crippen LogP contribution in [-0.4, -0.2) is 32.4 Å². The molecule has 1 aromatic carbocycles. The lowest BCUT2D eigenvalue weighted by atomic mass is 10.3. The molecule has 0 aromatic heterocycles. The van der Waals surface area contributed by atoms with Crippen molar-refractivity contribution in [2.45, 2.75) is 37.4 Å². The summed E-state index contributed by atoms with van der Waals surface area (Å²) in [4.78, 5) is 11.9. The molecular formula is C15H22N2O3S. The highest BCUT2D eigenvalue weighted by Crippen LogP contribution is 2.25. The molecule has 5 nitrogen and oxygen atoms in total. The van der Waals surface area contributed by atoms with Crippen molar-refractivity contribution in [3.63, 3.8) is 0 Å². The topological polar surface area (TPSA) is 66.5 Å². The summed E-state index contributed by atoms with van der Waals surface area (Å²) < 4.78 is 24.2. The normalized spacial score (nSPS) is 15.9. The van der Waals surface area contributed by atoms with Crippen molar-refractivity contribution in [1.82, 2.24) is 5.43 Å². The Bertz CT molecular complexity index is 566. The lowest BCUT2D eigenvalue weighted by molar-refractivity contribution is -0.120. The van der Waals surface area contributed by atoms with Crippen LogP contribution in [-0.2, 0) is 14.6 Å². The Kier molecular flexibility index (Phi) is 5.22. The number of carbonyl (C=O) groups excluding carboxylic acids is 1. The number of carbonyl (C=O) groups is 1. The van der Waals surface area contributed by atoms with E-state index in [2.05, 4.69) is 5.43 Å². The standard InChI is InChI=1S/C15H22N2O3S/c1-17(13-7-3-2-4-8-13)16-15(18)11-12-21(19,20)14-9-5-6-10-14/h2-4,7-8,14H,5-6,9-12H2,1H3,(H,16,18). The lowest BCUT2D eigenvalue weighted by Crippen LogP contribution is -2.40. The smallest absolute Gasteiger partial charge is 0.239 e. The summed E-state index contributed by atoms with van der Waals surface area (Å²) in [5, 5.41) is 1.36. The zero-order valence-electron chi connectivity index (χ0n) is 12.3. The highest BCUT2D eigenvalue weighted by molar-refractivity contribution is 7.92. The van der Waals surface area contributed by atoms with E-state index in [-0.39, 0.29) is 23.3 Å². The van der Waals surface area contributed by atoms with Gasteiger partial charge < -0.3 is 0 Å². The van der Waals surface area contributed by atoms with Crippen LogP contribution in [0.25, 0.3) is 0 Å². The third kappa shape index (κ3) is 4.46. The Labute approximate surface area is 126 Å². The minimum absolute atomic E-state index is 0.00993. The number of benzene rings is 1. The molecule has 0 unspecified atom stereocenters. The molecule has 1 aromatic rings. The molecule has 0 atom stereocenters. The van der Waals surface area contributed by atoms with Gasteiger partial charge in [0.1, 0.15) is 0 Å². The van der Waals surface area contributed by atoms with E-state index in [0.29, 0.717) is 0 Å². The first-order chi connectivity index (χ1) is 9.99. The van der Waals surface area contributed by atoms with Gasteiger partial charge in [-0.1, -0.05) is 31.0 Å². The van der Waals surface area contributed by atoms with Gasteiger partial charge in [-0.05, 0) is 25.0 Å². The minimum atomic E-state index is -3.13. The van der Waals surface area contributed by atoms with Crippen LogP contribution in [0.1, 0.15) is 32.1 Å². The summed E-state index contributed by atoms with van der Waals surface area (Å²) in [6, 6.07) is 9.39. The molecule has 0 radical (unpaired) electrons. The third-order valence-electron chi connectivity index (χ3n) is 3.86. The Morgan fingerprint density at radius 1 is 1.24 bits per heavy atom. The Morgan fingerprint density at radius 2 is 1.86 bits per heavy atom. The first-order valence-electron chi connectivity index (χ1n) is 7.29. The molecule has 21 heavy (non-hydrogen) atoms. The van der Waals surface area contributed by atoms with Crippen molar-refractivity contribution in [2.75, 3.05) is 17.8 Å². The number of anilines is 1. The molecule has 1 N–H and O–H groups in total. The van der Waals surface area contributed by atoms with E-state index in [4.69, 9.17) is 0 Å². The molecule has 0 spiro atoms. The molecule has 1 aliphatic carbocycles. The fourth-order valence-corrected chi connectivity index (χ4v) is 4.46. The van der Waals surface area contributed by atoms with Gasteiger partial charge in [-0.25, -0.2) is 8.42 Å². The predicted octanol–water partition coefficient (Wildman–Crippen LogP) is 1.90. The van der Waals surface area contributed by atoms with E-state index in [1.165, 1.54) is 0 Å². The van der Waals surface area contributed by atoms with Gasteiger partial charge in [0.25, 0.3) is 0 Å². The Morgan fingerprint density at radius 3 is 2.48 bits per heavy atom. The van der Waals surface area contributed by atoms with Crippen molar-refractivity contribution < 1.29 is 13.2 Å². The summed E-state index contributed by atoms with van der Waals surface area (Å²) in [5.41, 5.74) is 3.54. The van der Waals surface area contributed by atoms with Crippen molar-refractivity contribution in [3.05, 3.63) is 30.3 Å². The van der Waals surface area contributed by atoms with Crippen LogP contribution in [0.4, 0.5) is 5.69 Å². The molecule has 1 aliphatic rings. The second-order valence-corrected chi connectivity index (χ2v) is 7.85. The van der Waals surface area contributed by atoms with E-state index in [1.807, 2.05) is 30.3 Å². The summed E-state index contributed by atoms with van der Waals surface area (Å²) in [5.74, 6) is -0.338. The van der Waals surface area contributed by atoms with Gasteiger partial charge in [0.15, 0.2) is 9.84 Å². The van der Waals surface area contributed by atoms with Crippen molar-refractivity contribution in [2.24, 2.45) is 0 Å². The van der Waals surface area contributed by atoms with Gasteiger partial charge in [-0.2, -0.15) is 0 Å². The number of hydrazine groups is 1. The Balaban J connectivity index is 1.82. The third-order valence-corrected chi connectivity index (χ3v) is 6.12. The van der Waals surface area contributed by atoms with Crippen LogP contribution in [0.5, 0.6) is 0 Å². The number of nitrogens with zero attached hydrogens (tertiary/aromatic N) is 1. The molecule has 0 aliphatic heterocycles. The zero-order valence-corrected chi connectivity index (χ0v) is 13.1. The van der Waals surface area contributed by atoms with E-state index >= 15 is 0 Å². The van der Waals surface area contributed by atoms with E-state index < -0.39 is 9.84 Å². The molecule has 116 valence electrons. The van der Waals surface area contributed by atoms with Crippen LogP contribution in [0.15, 0.2) is 30.3 Å². The molecule has 6 heteroatoms. The van der Waals surface area contributed by atoms with Crippen molar-refractivity contribution >= 4 is 21.4 Å².